The normalized spacial score (nSPS) is 13.2. The molecule has 0 spiro atoms. The predicted octanol–water partition coefficient (Wildman–Crippen LogP) is 5.00. The highest BCUT2D eigenvalue weighted by Gasteiger charge is 2.17. The van der Waals surface area contributed by atoms with Crippen LogP contribution in [0.15, 0.2) is 53.5 Å². The summed E-state index contributed by atoms with van der Waals surface area (Å²) in [6, 6.07) is 15.6. The van der Waals surface area contributed by atoms with Crippen molar-refractivity contribution < 1.29 is 4.74 Å². The Balaban J connectivity index is 1.60. The van der Waals surface area contributed by atoms with Gasteiger partial charge in [-0.05, 0) is 79.5 Å². The minimum atomic E-state index is 0.750. The Labute approximate surface area is 142 Å². The number of aliphatic imine (C=N–C) groups is 1. The highest BCUT2D eigenvalue weighted by Crippen LogP contribution is 2.27. The summed E-state index contributed by atoms with van der Waals surface area (Å²) in [5.74, 6) is 7.96. The second-order valence-electron chi connectivity index (χ2n) is 5.63. The van der Waals surface area contributed by atoms with Gasteiger partial charge in [-0.2, -0.15) is 4.99 Å². The predicted molar refractivity (Wildman–Crippen MR) is 96.4 cm³/mol. The lowest BCUT2D eigenvalue weighted by Gasteiger charge is -2.25. The Morgan fingerprint density at radius 2 is 1.57 bits per heavy atom. The van der Waals surface area contributed by atoms with Gasteiger partial charge in [0.1, 0.15) is 5.75 Å². The molecule has 0 aromatic heterocycles. The molecule has 1 fully saturated rings. The molecule has 1 saturated carbocycles. The third kappa shape index (κ3) is 4.53. The van der Waals surface area contributed by atoms with Gasteiger partial charge in [0, 0.05) is 11.1 Å². The molecule has 3 rings (SSSR count). The summed E-state index contributed by atoms with van der Waals surface area (Å²) in [7, 11) is 0. The van der Waals surface area contributed by atoms with E-state index >= 15 is 0 Å². The number of ether oxygens (including phenoxy) is 1. The summed E-state index contributed by atoms with van der Waals surface area (Å²) in [4.78, 5) is 3.92. The zero-order chi connectivity index (χ0) is 15.9. The molecule has 0 radical (unpaired) electrons. The SMILES string of the molecule is S=C=Nc1ccc(C#Cc2ccc(OCC3CCC3)cc2)cc1. The zero-order valence-electron chi connectivity index (χ0n) is 12.8. The Bertz CT molecular complexity index is 758. The quantitative estimate of drug-likeness (QED) is 0.449. The average Bonchev–Trinajstić information content (AvgIpc) is 2.54. The van der Waals surface area contributed by atoms with Crippen molar-refractivity contribution in [2.24, 2.45) is 10.9 Å². The largest absolute Gasteiger partial charge is 0.493 e. The van der Waals surface area contributed by atoms with Gasteiger partial charge < -0.3 is 4.74 Å². The van der Waals surface area contributed by atoms with E-state index in [1.54, 1.807) is 0 Å². The maximum absolute atomic E-state index is 5.79. The lowest BCUT2D eigenvalue weighted by atomic mass is 9.86. The second-order valence-corrected chi connectivity index (χ2v) is 5.81. The van der Waals surface area contributed by atoms with Crippen LogP contribution in [-0.2, 0) is 0 Å². The minimum absolute atomic E-state index is 0.750. The summed E-state index contributed by atoms with van der Waals surface area (Å²) in [6.45, 7) is 0.835. The molecule has 2 aromatic rings. The zero-order valence-corrected chi connectivity index (χ0v) is 13.6. The Morgan fingerprint density at radius 1 is 0.957 bits per heavy atom. The van der Waals surface area contributed by atoms with Crippen LogP contribution in [-0.4, -0.2) is 11.8 Å². The summed E-state index contributed by atoms with van der Waals surface area (Å²) in [6.07, 6.45) is 3.96. The van der Waals surface area contributed by atoms with E-state index in [0.29, 0.717) is 0 Å². The van der Waals surface area contributed by atoms with Crippen LogP contribution in [0.1, 0.15) is 30.4 Å². The summed E-state index contributed by atoms with van der Waals surface area (Å²) >= 11 is 4.58. The third-order valence-corrected chi connectivity index (χ3v) is 4.05. The van der Waals surface area contributed by atoms with Crippen LogP contribution in [0.5, 0.6) is 5.75 Å². The molecule has 3 heteroatoms. The van der Waals surface area contributed by atoms with Crippen LogP contribution < -0.4 is 4.74 Å². The molecule has 0 amide bonds. The smallest absolute Gasteiger partial charge is 0.119 e. The molecule has 0 aliphatic heterocycles. The fourth-order valence-electron chi connectivity index (χ4n) is 2.32. The van der Waals surface area contributed by atoms with Crippen molar-refractivity contribution in [1.82, 2.24) is 0 Å². The van der Waals surface area contributed by atoms with Crippen LogP contribution in [0.4, 0.5) is 5.69 Å². The van der Waals surface area contributed by atoms with Crippen molar-refractivity contribution in [2.45, 2.75) is 19.3 Å². The summed E-state index contributed by atoms with van der Waals surface area (Å²) in [5, 5.41) is 2.35. The molecule has 0 unspecified atom stereocenters. The van der Waals surface area contributed by atoms with Crippen molar-refractivity contribution in [2.75, 3.05) is 6.61 Å². The van der Waals surface area contributed by atoms with Gasteiger partial charge >= 0.3 is 0 Å². The number of isothiocyanates is 1. The Kier molecular flexibility index (Phi) is 5.21. The maximum atomic E-state index is 5.79. The highest BCUT2D eigenvalue weighted by atomic mass is 32.1. The number of benzene rings is 2. The maximum Gasteiger partial charge on any atom is 0.119 e. The van der Waals surface area contributed by atoms with Gasteiger partial charge in [-0.1, -0.05) is 18.3 Å². The van der Waals surface area contributed by atoms with Gasteiger partial charge in [0.05, 0.1) is 17.5 Å². The van der Waals surface area contributed by atoms with Crippen LogP contribution in [0.3, 0.4) is 0 Å². The molecule has 114 valence electrons. The molecule has 1 aliphatic carbocycles. The fourth-order valence-corrected chi connectivity index (χ4v) is 2.43. The molecule has 0 heterocycles. The van der Waals surface area contributed by atoms with Gasteiger partial charge in [-0.15, -0.1) is 0 Å². The monoisotopic (exact) mass is 319 g/mol. The van der Waals surface area contributed by atoms with E-state index < -0.39 is 0 Å². The first-order valence-electron chi connectivity index (χ1n) is 7.76. The first-order valence-corrected chi connectivity index (χ1v) is 8.17. The topological polar surface area (TPSA) is 21.6 Å². The van der Waals surface area contributed by atoms with E-state index in [0.717, 1.165) is 35.1 Å². The van der Waals surface area contributed by atoms with Crippen molar-refractivity contribution in [3.63, 3.8) is 0 Å². The molecule has 0 saturated heterocycles. The van der Waals surface area contributed by atoms with Crippen LogP contribution >= 0.6 is 12.2 Å². The number of nitrogens with zero attached hydrogens (tertiary/aromatic N) is 1. The van der Waals surface area contributed by atoms with Crippen molar-refractivity contribution in [1.29, 1.82) is 0 Å². The van der Waals surface area contributed by atoms with E-state index in [-0.39, 0.29) is 0 Å². The van der Waals surface area contributed by atoms with Gasteiger partial charge in [0.2, 0.25) is 0 Å². The number of hydrogen-bond donors (Lipinski definition) is 0. The number of thiocarbonyl (C=S) groups is 1. The Morgan fingerprint density at radius 3 is 2.09 bits per heavy atom. The van der Waals surface area contributed by atoms with E-state index in [9.17, 15) is 0 Å². The van der Waals surface area contributed by atoms with Crippen molar-refractivity contribution >= 4 is 23.1 Å². The third-order valence-electron chi connectivity index (χ3n) is 3.96. The lowest BCUT2D eigenvalue weighted by molar-refractivity contribution is 0.180. The summed E-state index contributed by atoms with van der Waals surface area (Å²) < 4.78 is 5.79. The first kappa shape index (κ1) is 15.5. The molecular weight excluding hydrogens is 302 g/mol. The molecule has 2 aromatic carbocycles. The molecule has 0 N–H and O–H groups in total. The first-order chi connectivity index (χ1) is 11.3. The molecule has 1 aliphatic rings. The fraction of sp³-hybridized carbons (Fsp3) is 0.250. The van der Waals surface area contributed by atoms with Gasteiger partial charge in [0.15, 0.2) is 0 Å². The standard InChI is InChI=1S/C20H17NOS/c23-15-21-19-10-6-16(7-11-19)4-5-17-8-12-20(13-9-17)22-14-18-2-1-3-18/h6-13,18H,1-3,14H2. The van der Waals surface area contributed by atoms with Crippen LogP contribution in [0.25, 0.3) is 0 Å². The molecule has 23 heavy (non-hydrogen) atoms. The van der Waals surface area contributed by atoms with E-state index in [1.807, 2.05) is 48.5 Å². The van der Waals surface area contributed by atoms with Crippen LogP contribution in [0.2, 0.25) is 0 Å². The lowest BCUT2D eigenvalue weighted by Crippen LogP contribution is -2.19. The van der Waals surface area contributed by atoms with Crippen LogP contribution in [0, 0.1) is 17.8 Å². The van der Waals surface area contributed by atoms with E-state index in [1.165, 1.54) is 19.3 Å². The molecule has 0 bridgehead atoms. The van der Waals surface area contributed by atoms with Gasteiger partial charge in [-0.25, -0.2) is 0 Å². The van der Waals surface area contributed by atoms with E-state index in [2.05, 4.69) is 34.2 Å². The second kappa shape index (κ2) is 7.74. The van der Waals surface area contributed by atoms with Crippen molar-refractivity contribution in [3.05, 3.63) is 59.7 Å². The van der Waals surface area contributed by atoms with Crippen molar-refractivity contribution in [3.8, 4) is 17.6 Å². The highest BCUT2D eigenvalue weighted by molar-refractivity contribution is 7.78. The van der Waals surface area contributed by atoms with E-state index in [4.69, 9.17) is 4.74 Å². The molecule has 2 nitrogen and oxygen atoms in total. The average molecular weight is 319 g/mol. The molecule has 0 atom stereocenters. The van der Waals surface area contributed by atoms with Gasteiger partial charge in [0.25, 0.3) is 0 Å². The minimum Gasteiger partial charge on any atom is -0.493 e. The van der Waals surface area contributed by atoms with Gasteiger partial charge in [-0.3, -0.25) is 0 Å². The number of rotatable bonds is 4. The molecular formula is C20H17NOS. The number of hydrogen-bond acceptors (Lipinski definition) is 3. The Hall–Kier alpha value is -2.40. The summed E-state index contributed by atoms with van der Waals surface area (Å²) in [5.41, 5.74) is 2.71.